The maximum Gasteiger partial charge on any atom is 0.0444 e. The van der Waals surface area contributed by atoms with Crippen LogP contribution in [0.5, 0.6) is 0 Å². The van der Waals surface area contributed by atoms with E-state index < -0.39 is 0 Å². The summed E-state index contributed by atoms with van der Waals surface area (Å²) in [6.45, 7) is 13.5. The maximum atomic E-state index is 6.47. The van der Waals surface area contributed by atoms with Crippen molar-refractivity contribution in [1.82, 2.24) is 0 Å². The minimum Gasteiger partial charge on any atom is -0.119 e. The molecule has 0 aromatic rings. The first-order chi connectivity index (χ1) is 5.86. The predicted octanol–water partition coefficient (Wildman–Crippen LogP) is 4.71. The molecule has 0 heterocycles. The van der Waals surface area contributed by atoms with Crippen LogP contribution in [0.4, 0.5) is 0 Å². The molecule has 4 unspecified atom stereocenters. The second-order valence-corrected chi connectivity index (χ2v) is 5.53. The number of alkyl halides is 1. The number of rotatable bonds is 5. The first-order valence-corrected chi connectivity index (χ1v) is 5.93. The number of hydrogen-bond donors (Lipinski definition) is 0. The van der Waals surface area contributed by atoms with Gasteiger partial charge >= 0.3 is 0 Å². The molecule has 0 aliphatic carbocycles. The van der Waals surface area contributed by atoms with E-state index in [9.17, 15) is 0 Å². The van der Waals surface area contributed by atoms with Gasteiger partial charge in [0.25, 0.3) is 0 Å². The summed E-state index contributed by atoms with van der Waals surface area (Å²) in [6, 6.07) is 0. The number of halogens is 1. The van der Waals surface area contributed by atoms with Crippen molar-refractivity contribution in [2.75, 3.05) is 0 Å². The van der Waals surface area contributed by atoms with Gasteiger partial charge in [0, 0.05) is 4.87 Å². The lowest BCUT2D eigenvalue weighted by molar-refractivity contribution is 0.221. The molecular weight excluding hydrogens is 180 g/mol. The summed E-state index contributed by atoms with van der Waals surface area (Å²) in [5, 5.41) is 0. The average molecular weight is 205 g/mol. The molecule has 0 aliphatic heterocycles. The van der Waals surface area contributed by atoms with Crippen molar-refractivity contribution in [2.24, 2.45) is 17.8 Å². The average Bonchev–Trinajstić information content (AvgIpc) is 2.14. The Morgan fingerprint density at radius 2 is 1.62 bits per heavy atom. The summed E-state index contributed by atoms with van der Waals surface area (Å²) in [6.07, 6.45) is 2.30. The van der Waals surface area contributed by atoms with Crippen molar-refractivity contribution in [1.29, 1.82) is 0 Å². The molecule has 0 spiro atoms. The van der Waals surface area contributed by atoms with Gasteiger partial charge in [0.05, 0.1) is 0 Å². The molecule has 80 valence electrons. The van der Waals surface area contributed by atoms with Gasteiger partial charge in [0.2, 0.25) is 0 Å². The van der Waals surface area contributed by atoms with Gasteiger partial charge in [-0.05, 0) is 31.1 Å². The zero-order valence-corrected chi connectivity index (χ0v) is 10.8. The van der Waals surface area contributed by atoms with Gasteiger partial charge < -0.3 is 0 Å². The molecule has 13 heavy (non-hydrogen) atoms. The van der Waals surface area contributed by atoms with E-state index in [0.717, 1.165) is 12.3 Å². The minimum absolute atomic E-state index is 0.0250. The summed E-state index contributed by atoms with van der Waals surface area (Å²) in [4.78, 5) is -0.0250. The molecular formula is C12H25Cl. The summed E-state index contributed by atoms with van der Waals surface area (Å²) >= 11 is 6.47. The highest BCUT2D eigenvalue weighted by Crippen LogP contribution is 2.37. The van der Waals surface area contributed by atoms with E-state index in [1.807, 2.05) is 0 Å². The molecule has 0 aromatic heterocycles. The minimum atomic E-state index is -0.0250. The third-order valence-electron chi connectivity index (χ3n) is 3.97. The summed E-state index contributed by atoms with van der Waals surface area (Å²) in [5.74, 6) is 2.08. The van der Waals surface area contributed by atoms with Crippen molar-refractivity contribution < 1.29 is 0 Å². The van der Waals surface area contributed by atoms with Crippen LogP contribution in [0, 0.1) is 17.8 Å². The van der Waals surface area contributed by atoms with Crippen LogP contribution in [0.15, 0.2) is 0 Å². The zero-order chi connectivity index (χ0) is 10.6. The fourth-order valence-corrected chi connectivity index (χ4v) is 1.93. The van der Waals surface area contributed by atoms with Gasteiger partial charge in [-0.2, -0.15) is 0 Å². The monoisotopic (exact) mass is 204 g/mol. The van der Waals surface area contributed by atoms with Crippen LogP contribution in [0.1, 0.15) is 54.4 Å². The van der Waals surface area contributed by atoms with Gasteiger partial charge in [-0.25, -0.2) is 0 Å². The molecule has 0 saturated carbocycles. The van der Waals surface area contributed by atoms with Crippen molar-refractivity contribution in [2.45, 2.75) is 59.3 Å². The highest BCUT2D eigenvalue weighted by molar-refractivity contribution is 6.23. The molecule has 0 amide bonds. The lowest BCUT2D eigenvalue weighted by Crippen LogP contribution is -2.33. The fraction of sp³-hybridized carbons (Fsp3) is 1.00. The lowest BCUT2D eigenvalue weighted by Gasteiger charge is -2.35. The lowest BCUT2D eigenvalue weighted by atomic mass is 9.76. The highest BCUT2D eigenvalue weighted by atomic mass is 35.5. The second-order valence-electron chi connectivity index (χ2n) is 4.66. The third kappa shape index (κ3) is 3.50. The Balaban J connectivity index is 4.32. The van der Waals surface area contributed by atoms with E-state index >= 15 is 0 Å². The topological polar surface area (TPSA) is 0 Å². The Hall–Kier alpha value is 0.290. The molecule has 0 fully saturated rings. The molecule has 0 bridgehead atoms. The highest BCUT2D eigenvalue weighted by Gasteiger charge is 2.32. The Labute approximate surface area is 89.1 Å². The molecule has 0 aromatic carbocycles. The van der Waals surface area contributed by atoms with Crippen molar-refractivity contribution >= 4 is 11.6 Å². The van der Waals surface area contributed by atoms with E-state index in [0.29, 0.717) is 11.8 Å². The fourth-order valence-electron chi connectivity index (χ4n) is 1.73. The van der Waals surface area contributed by atoms with Crippen LogP contribution < -0.4 is 0 Å². The van der Waals surface area contributed by atoms with Gasteiger partial charge in [0.15, 0.2) is 0 Å². The Kier molecular flexibility index (Phi) is 5.36. The van der Waals surface area contributed by atoms with Crippen LogP contribution in [0.25, 0.3) is 0 Å². The van der Waals surface area contributed by atoms with Crippen molar-refractivity contribution in [3.8, 4) is 0 Å². The van der Waals surface area contributed by atoms with Crippen LogP contribution in [0.3, 0.4) is 0 Å². The van der Waals surface area contributed by atoms with Gasteiger partial charge in [-0.3, -0.25) is 0 Å². The summed E-state index contributed by atoms with van der Waals surface area (Å²) < 4.78 is 0. The predicted molar refractivity (Wildman–Crippen MR) is 62.3 cm³/mol. The molecule has 0 nitrogen and oxygen atoms in total. The first kappa shape index (κ1) is 13.3. The standard InChI is InChI=1S/C12H25Cl/c1-7-9(3)10(4)11(5)12(6,13)8-2/h9-11H,7-8H2,1-6H3. The molecule has 4 atom stereocenters. The molecule has 0 rings (SSSR count). The van der Waals surface area contributed by atoms with E-state index in [2.05, 4.69) is 41.5 Å². The first-order valence-electron chi connectivity index (χ1n) is 5.55. The zero-order valence-electron chi connectivity index (χ0n) is 10.0. The normalized spacial score (nSPS) is 23.3. The van der Waals surface area contributed by atoms with Crippen molar-refractivity contribution in [3.63, 3.8) is 0 Å². The van der Waals surface area contributed by atoms with Gasteiger partial charge in [-0.1, -0.05) is 41.0 Å². The van der Waals surface area contributed by atoms with Crippen LogP contribution in [-0.4, -0.2) is 4.87 Å². The van der Waals surface area contributed by atoms with Crippen LogP contribution in [0.2, 0.25) is 0 Å². The maximum absolute atomic E-state index is 6.47. The summed E-state index contributed by atoms with van der Waals surface area (Å²) in [7, 11) is 0. The van der Waals surface area contributed by atoms with Crippen LogP contribution >= 0.6 is 11.6 Å². The second kappa shape index (κ2) is 5.24. The molecule has 0 saturated heterocycles. The molecule has 0 radical (unpaired) electrons. The van der Waals surface area contributed by atoms with Gasteiger partial charge in [-0.15, -0.1) is 11.6 Å². The Morgan fingerprint density at radius 1 is 1.15 bits per heavy atom. The van der Waals surface area contributed by atoms with E-state index in [-0.39, 0.29) is 4.87 Å². The largest absolute Gasteiger partial charge is 0.119 e. The third-order valence-corrected chi connectivity index (χ3v) is 4.58. The Morgan fingerprint density at radius 3 is 1.92 bits per heavy atom. The van der Waals surface area contributed by atoms with E-state index in [1.54, 1.807) is 0 Å². The summed E-state index contributed by atoms with van der Waals surface area (Å²) in [5.41, 5.74) is 0. The van der Waals surface area contributed by atoms with Gasteiger partial charge in [0.1, 0.15) is 0 Å². The molecule has 1 heteroatoms. The SMILES string of the molecule is CCC(C)C(C)C(C)C(C)(Cl)CC. The quantitative estimate of drug-likeness (QED) is 0.569. The van der Waals surface area contributed by atoms with E-state index in [4.69, 9.17) is 11.6 Å². The van der Waals surface area contributed by atoms with Crippen molar-refractivity contribution in [3.05, 3.63) is 0 Å². The Bertz CT molecular complexity index is 140. The smallest absolute Gasteiger partial charge is 0.0444 e. The molecule has 0 aliphatic rings. The van der Waals surface area contributed by atoms with E-state index in [1.165, 1.54) is 6.42 Å². The molecule has 0 N–H and O–H groups in total. The number of hydrogen-bond acceptors (Lipinski definition) is 0. The van der Waals surface area contributed by atoms with Crippen LogP contribution in [-0.2, 0) is 0 Å².